The van der Waals surface area contributed by atoms with Gasteiger partial charge in [-0.1, -0.05) is 18.2 Å². The highest BCUT2D eigenvalue weighted by Crippen LogP contribution is 2.12. The maximum atomic E-state index is 8.78. The fourth-order valence-electron chi connectivity index (χ4n) is 1.38. The smallest absolute Gasteiger partial charge is 0.186 e. The second-order valence-electron chi connectivity index (χ2n) is 3.32. The summed E-state index contributed by atoms with van der Waals surface area (Å²) < 4.78 is 0. The third-order valence-corrected chi connectivity index (χ3v) is 2.22. The van der Waals surface area contributed by atoms with Crippen LogP contribution >= 0.6 is 0 Å². The zero-order valence-corrected chi connectivity index (χ0v) is 8.60. The van der Waals surface area contributed by atoms with Crippen molar-refractivity contribution < 1.29 is 0 Å². The first-order chi connectivity index (χ1) is 7.22. The Bertz CT molecular complexity index is 534. The first-order valence-electron chi connectivity index (χ1n) is 4.62. The Hall–Kier alpha value is -2.15. The standard InChI is InChI=1S/C11H10N4/c1-8-5-3-4-6-11(8)15-13-9(2)10(7-12)14-15/h3-6H,1-2H3. The van der Waals surface area contributed by atoms with E-state index < -0.39 is 0 Å². The fourth-order valence-corrected chi connectivity index (χ4v) is 1.38. The lowest BCUT2D eigenvalue weighted by Gasteiger charge is -2.02. The highest BCUT2D eigenvalue weighted by Gasteiger charge is 2.08. The minimum atomic E-state index is 0.373. The number of nitriles is 1. The number of aromatic nitrogens is 3. The van der Waals surface area contributed by atoms with Crippen molar-refractivity contribution in [1.29, 1.82) is 5.26 Å². The molecule has 2 aromatic rings. The van der Waals surface area contributed by atoms with E-state index in [-0.39, 0.29) is 0 Å². The summed E-state index contributed by atoms with van der Waals surface area (Å²) in [5, 5.41) is 17.1. The maximum Gasteiger partial charge on any atom is 0.186 e. The molecule has 0 bridgehead atoms. The highest BCUT2D eigenvalue weighted by atomic mass is 15.5. The topological polar surface area (TPSA) is 54.5 Å². The Balaban J connectivity index is 2.56. The Labute approximate surface area is 87.8 Å². The molecule has 4 nitrogen and oxygen atoms in total. The summed E-state index contributed by atoms with van der Waals surface area (Å²) in [5.74, 6) is 0. The molecule has 0 amide bonds. The highest BCUT2D eigenvalue weighted by molar-refractivity contribution is 5.39. The van der Waals surface area contributed by atoms with Gasteiger partial charge in [-0.05, 0) is 25.5 Å². The van der Waals surface area contributed by atoms with Gasteiger partial charge in [0, 0.05) is 0 Å². The zero-order chi connectivity index (χ0) is 10.8. The monoisotopic (exact) mass is 198 g/mol. The summed E-state index contributed by atoms with van der Waals surface area (Å²) >= 11 is 0. The van der Waals surface area contributed by atoms with Crippen LogP contribution in [-0.4, -0.2) is 15.0 Å². The Kier molecular flexibility index (Phi) is 2.22. The molecule has 0 spiro atoms. The molecule has 0 fully saturated rings. The summed E-state index contributed by atoms with van der Waals surface area (Å²) in [6.45, 7) is 3.76. The van der Waals surface area contributed by atoms with Gasteiger partial charge in [0.25, 0.3) is 0 Å². The summed E-state index contributed by atoms with van der Waals surface area (Å²) in [6.07, 6.45) is 0. The molecule has 0 N–H and O–H groups in total. The van der Waals surface area contributed by atoms with Gasteiger partial charge in [-0.3, -0.25) is 0 Å². The molecule has 1 aromatic heterocycles. The van der Waals surface area contributed by atoms with Crippen LogP contribution in [-0.2, 0) is 0 Å². The largest absolute Gasteiger partial charge is 0.191 e. The molecule has 0 radical (unpaired) electrons. The number of rotatable bonds is 1. The van der Waals surface area contributed by atoms with Gasteiger partial charge >= 0.3 is 0 Å². The van der Waals surface area contributed by atoms with Crippen LogP contribution in [0.25, 0.3) is 5.69 Å². The Morgan fingerprint density at radius 2 is 1.93 bits per heavy atom. The predicted octanol–water partition coefficient (Wildman–Crippen LogP) is 1.76. The molecule has 0 aliphatic rings. The van der Waals surface area contributed by atoms with Gasteiger partial charge in [0.2, 0.25) is 0 Å². The fraction of sp³-hybridized carbons (Fsp3) is 0.182. The number of benzene rings is 1. The van der Waals surface area contributed by atoms with Gasteiger partial charge in [-0.15, -0.1) is 9.90 Å². The molecule has 2 rings (SSSR count). The van der Waals surface area contributed by atoms with Crippen LogP contribution in [0.2, 0.25) is 0 Å². The lowest BCUT2D eigenvalue weighted by Crippen LogP contribution is -2.01. The van der Waals surface area contributed by atoms with Crippen LogP contribution in [0.3, 0.4) is 0 Å². The molecule has 0 aliphatic carbocycles. The second kappa shape index (κ2) is 3.54. The molecule has 15 heavy (non-hydrogen) atoms. The number of hydrogen-bond donors (Lipinski definition) is 0. The van der Waals surface area contributed by atoms with E-state index in [1.165, 1.54) is 4.80 Å². The average Bonchev–Trinajstić information content (AvgIpc) is 2.60. The van der Waals surface area contributed by atoms with E-state index in [2.05, 4.69) is 10.2 Å². The van der Waals surface area contributed by atoms with Crippen molar-refractivity contribution >= 4 is 0 Å². The van der Waals surface area contributed by atoms with Gasteiger partial charge in [-0.2, -0.15) is 10.4 Å². The molecule has 0 saturated carbocycles. The van der Waals surface area contributed by atoms with Crippen LogP contribution in [0, 0.1) is 25.2 Å². The molecule has 0 aliphatic heterocycles. The summed E-state index contributed by atoms with van der Waals surface area (Å²) in [6, 6.07) is 9.81. The SMILES string of the molecule is Cc1ccccc1-n1nc(C)c(C#N)n1. The van der Waals surface area contributed by atoms with Crippen LogP contribution < -0.4 is 0 Å². The molecule has 4 heteroatoms. The minimum Gasteiger partial charge on any atom is -0.191 e. The van der Waals surface area contributed by atoms with E-state index >= 15 is 0 Å². The van der Waals surface area contributed by atoms with Gasteiger partial charge in [0.1, 0.15) is 6.07 Å². The first kappa shape index (κ1) is 9.41. The molecule has 0 saturated heterocycles. The summed E-state index contributed by atoms with van der Waals surface area (Å²) in [4.78, 5) is 1.50. The van der Waals surface area contributed by atoms with Gasteiger partial charge in [0.15, 0.2) is 5.69 Å². The number of para-hydroxylation sites is 1. The second-order valence-corrected chi connectivity index (χ2v) is 3.32. The lowest BCUT2D eigenvalue weighted by atomic mass is 10.2. The number of nitrogens with zero attached hydrogens (tertiary/aromatic N) is 4. The van der Waals surface area contributed by atoms with Crippen LogP contribution in [0.4, 0.5) is 0 Å². The van der Waals surface area contributed by atoms with Crippen molar-refractivity contribution in [1.82, 2.24) is 15.0 Å². The van der Waals surface area contributed by atoms with Gasteiger partial charge in [0.05, 0.1) is 11.4 Å². The van der Waals surface area contributed by atoms with E-state index in [4.69, 9.17) is 5.26 Å². The van der Waals surface area contributed by atoms with Crippen molar-refractivity contribution in [2.45, 2.75) is 13.8 Å². The van der Waals surface area contributed by atoms with Crippen LogP contribution in [0.5, 0.6) is 0 Å². The van der Waals surface area contributed by atoms with Crippen LogP contribution in [0.15, 0.2) is 24.3 Å². The molecular formula is C11H10N4. The molecule has 0 atom stereocenters. The van der Waals surface area contributed by atoms with E-state index in [0.717, 1.165) is 11.3 Å². The molecule has 74 valence electrons. The van der Waals surface area contributed by atoms with E-state index in [0.29, 0.717) is 11.4 Å². The molecule has 1 aromatic carbocycles. The van der Waals surface area contributed by atoms with E-state index in [9.17, 15) is 0 Å². The Morgan fingerprint density at radius 1 is 1.20 bits per heavy atom. The van der Waals surface area contributed by atoms with Crippen LogP contribution in [0.1, 0.15) is 17.0 Å². The quantitative estimate of drug-likeness (QED) is 0.701. The summed E-state index contributed by atoms with van der Waals surface area (Å²) in [5.41, 5.74) is 3.01. The summed E-state index contributed by atoms with van der Waals surface area (Å²) in [7, 11) is 0. The number of aryl methyl sites for hydroxylation is 2. The molecule has 1 heterocycles. The third kappa shape index (κ3) is 1.59. The molecular weight excluding hydrogens is 188 g/mol. The normalized spacial score (nSPS) is 9.93. The van der Waals surface area contributed by atoms with E-state index in [1.807, 2.05) is 37.3 Å². The average molecular weight is 198 g/mol. The van der Waals surface area contributed by atoms with Crippen molar-refractivity contribution in [3.8, 4) is 11.8 Å². The van der Waals surface area contributed by atoms with Crippen molar-refractivity contribution in [2.24, 2.45) is 0 Å². The minimum absolute atomic E-state index is 0.373. The predicted molar refractivity (Wildman–Crippen MR) is 55.5 cm³/mol. The zero-order valence-electron chi connectivity index (χ0n) is 8.60. The lowest BCUT2D eigenvalue weighted by molar-refractivity contribution is 0.739. The van der Waals surface area contributed by atoms with E-state index in [1.54, 1.807) is 6.92 Å². The van der Waals surface area contributed by atoms with Crippen molar-refractivity contribution in [3.05, 3.63) is 41.2 Å². The van der Waals surface area contributed by atoms with Gasteiger partial charge in [-0.25, -0.2) is 0 Å². The number of hydrogen-bond acceptors (Lipinski definition) is 3. The Morgan fingerprint density at radius 3 is 2.53 bits per heavy atom. The molecule has 0 unspecified atom stereocenters. The maximum absolute atomic E-state index is 8.78. The van der Waals surface area contributed by atoms with Crippen molar-refractivity contribution in [2.75, 3.05) is 0 Å². The van der Waals surface area contributed by atoms with Crippen molar-refractivity contribution in [3.63, 3.8) is 0 Å². The van der Waals surface area contributed by atoms with Gasteiger partial charge < -0.3 is 0 Å². The first-order valence-corrected chi connectivity index (χ1v) is 4.62. The third-order valence-electron chi connectivity index (χ3n) is 2.22.